The predicted octanol–water partition coefficient (Wildman–Crippen LogP) is 14.5. The monoisotopic (exact) mass is 1200 g/mol. The Morgan fingerprint density at radius 1 is 0.770 bits per heavy atom. The zero-order valence-electron chi connectivity index (χ0n) is 54.4. The highest BCUT2D eigenvalue weighted by atomic mass is 16.6. The number of allylic oxidation sites excluding steroid dienone is 3. The Morgan fingerprint density at radius 3 is 1.85 bits per heavy atom. The van der Waals surface area contributed by atoms with Crippen LogP contribution in [0.1, 0.15) is 172 Å². The molecule has 0 aliphatic carbocycles. The number of ether oxygens (including phenoxy) is 6. The molecule has 0 fully saturated rings. The summed E-state index contributed by atoms with van der Waals surface area (Å²) in [7, 11) is 2.98. The van der Waals surface area contributed by atoms with Crippen molar-refractivity contribution in [1.82, 2.24) is 10.2 Å². The van der Waals surface area contributed by atoms with Crippen LogP contribution in [0.25, 0.3) is 0 Å². The first-order chi connectivity index (χ1) is 41.3. The lowest BCUT2D eigenvalue weighted by molar-refractivity contribution is -0.118. The molecule has 0 spiro atoms. The molecule has 17 heteroatoms. The van der Waals surface area contributed by atoms with Crippen molar-refractivity contribution in [2.75, 3.05) is 43.8 Å². The third-order valence-corrected chi connectivity index (χ3v) is 15.5. The number of nitrogens with one attached hydrogen (secondary N) is 1. The summed E-state index contributed by atoms with van der Waals surface area (Å²) >= 11 is 0. The highest BCUT2D eigenvalue weighted by Gasteiger charge is 2.45. The Balaban J connectivity index is 0.000000778. The lowest BCUT2D eigenvalue weighted by atomic mass is 9.95. The second-order valence-electron chi connectivity index (χ2n) is 23.0. The van der Waals surface area contributed by atoms with E-state index in [1.807, 2.05) is 96.1 Å². The van der Waals surface area contributed by atoms with Crippen molar-refractivity contribution >= 4 is 46.8 Å². The molecule has 2 N–H and O–H groups in total. The zero-order chi connectivity index (χ0) is 64.7. The van der Waals surface area contributed by atoms with Gasteiger partial charge in [-0.1, -0.05) is 119 Å². The van der Waals surface area contributed by atoms with Gasteiger partial charge >= 0.3 is 12.2 Å². The topological polar surface area (TPSA) is 200 Å². The first-order valence-corrected chi connectivity index (χ1v) is 30.3. The number of rotatable bonds is 27. The summed E-state index contributed by atoms with van der Waals surface area (Å²) in [5.41, 5.74) is 7.89. The van der Waals surface area contributed by atoms with E-state index >= 15 is 0 Å². The van der Waals surface area contributed by atoms with Crippen LogP contribution in [0, 0.1) is 24.7 Å². The van der Waals surface area contributed by atoms with E-state index in [1.165, 1.54) is 42.6 Å². The second kappa shape index (κ2) is 35.0. The van der Waals surface area contributed by atoms with Gasteiger partial charge in [0.25, 0.3) is 5.91 Å². The number of hydrogen-bond donors (Lipinski definition) is 2. The summed E-state index contributed by atoms with van der Waals surface area (Å²) in [6.07, 6.45) is 5.52. The highest BCUT2D eigenvalue weighted by Crippen LogP contribution is 2.43. The van der Waals surface area contributed by atoms with E-state index in [-0.39, 0.29) is 78.6 Å². The minimum absolute atomic E-state index is 0.0277. The van der Waals surface area contributed by atoms with Gasteiger partial charge in [-0.05, 0) is 140 Å². The molecule has 2 heterocycles. The first-order valence-electron chi connectivity index (χ1n) is 30.3. The van der Waals surface area contributed by atoms with E-state index in [0.717, 1.165) is 51.3 Å². The quantitative estimate of drug-likeness (QED) is 0.0324. The van der Waals surface area contributed by atoms with Gasteiger partial charge in [0.2, 0.25) is 0 Å². The molecule has 87 heavy (non-hydrogen) atoms. The van der Waals surface area contributed by atoms with Gasteiger partial charge in [0.15, 0.2) is 40.8 Å². The van der Waals surface area contributed by atoms with Crippen LogP contribution in [0.15, 0.2) is 108 Å². The van der Waals surface area contributed by atoms with Crippen LogP contribution in [0.2, 0.25) is 0 Å². The number of anilines is 2. The van der Waals surface area contributed by atoms with E-state index in [2.05, 4.69) is 46.5 Å². The van der Waals surface area contributed by atoms with E-state index in [1.54, 1.807) is 38.2 Å². The molecule has 17 nitrogen and oxygen atoms in total. The second-order valence-corrected chi connectivity index (χ2v) is 23.0. The van der Waals surface area contributed by atoms with Crippen LogP contribution in [-0.4, -0.2) is 97.7 Å². The molecule has 474 valence electrons. The number of amides is 3. The number of ketones is 3. The fraction of sp³-hybridized carbons (Fsp3) is 0.486. The fourth-order valence-electron chi connectivity index (χ4n) is 9.42. The summed E-state index contributed by atoms with van der Waals surface area (Å²) in [4.78, 5) is 80.0. The van der Waals surface area contributed by atoms with Crippen molar-refractivity contribution in [3.05, 3.63) is 142 Å². The van der Waals surface area contributed by atoms with Gasteiger partial charge in [-0.25, -0.2) is 14.5 Å². The fourth-order valence-corrected chi connectivity index (χ4v) is 9.42. The molecule has 0 saturated heterocycles. The summed E-state index contributed by atoms with van der Waals surface area (Å²) in [5.74, 6) is 2.07. The lowest BCUT2D eigenvalue weighted by Crippen LogP contribution is -2.50. The van der Waals surface area contributed by atoms with Crippen LogP contribution in [0.5, 0.6) is 23.0 Å². The molecule has 0 aromatic heterocycles. The minimum atomic E-state index is -1.41. The number of nitrogens with zero attached hydrogens (tertiary/aromatic N) is 3. The molecule has 0 radical (unpaired) electrons. The zero-order valence-corrected chi connectivity index (χ0v) is 54.4. The van der Waals surface area contributed by atoms with Gasteiger partial charge in [-0.15, -0.1) is 0 Å². The maximum absolute atomic E-state index is 14.0. The third kappa shape index (κ3) is 21.2. The molecule has 2 unspecified atom stereocenters. The van der Waals surface area contributed by atoms with Crippen LogP contribution in [0.4, 0.5) is 21.0 Å². The Morgan fingerprint density at radius 2 is 1.32 bits per heavy atom. The number of carbonyl (C=O) groups is 6. The Bertz CT molecular complexity index is 3040. The number of hydrogen-bond acceptors (Lipinski definition) is 14. The Hall–Kier alpha value is -7.92. The van der Waals surface area contributed by atoms with Gasteiger partial charge in [0.05, 0.1) is 56.5 Å². The normalized spacial score (nSPS) is 15.3. The standard InChI is InChI=1S/C55H67N3O11.C11H21NO.C4H8O/c1-10-35(3)25-37(5)32-57(54(62)68-33-41-17-15-36(4)16-18-41)45-29-50(48(64-8)27-43(45)39(7)59)66-23-13-12-14-24-67-51-30-46-44(28-49(51)65-9)52(60)56-31-38(6)26-47(56)53(61)58(46)55(63)69-34-42-21-19-40(11-2)20-22-42;1-7(2)8(3)9(4)12-10(5)11(6)13;1-3-4(2)5/h10,15-22,27-31,37,47,53,61H,11-14,23-26,32-34H2,1-9H3;7-8,10,12H,4H2,1-3,5-6H3;3H2,1-2H3/b35-10-;;/t37?,47-,53+;8-,10?;/m10./s1. The van der Waals surface area contributed by atoms with Gasteiger partial charge in [-0.2, -0.15) is 0 Å². The average molecular weight is 1200 g/mol. The molecule has 3 amide bonds. The van der Waals surface area contributed by atoms with E-state index in [0.29, 0.717) is 79.0 Å². The smallest absolute Gasteiger partial charge is 0.416 e. The highest BCUT2D eigenvalue weighted by molar-refractivity contribution is 6.07. The number of aliphatic hydroxyl groups is 1. The van der Waals surface area contributed by atoms with E-state index in [4.69, 9.17) is 28.4 Å². The number of benzene rings is 4. The van der Waals surface area contributed by atoms with E-state index in [9.17, 15) is 33.9 Å². The van der Waals surface area contributed by atoms with Crippen LogP contribution in [0.3, 0.4) is 0 Å². The number of methoxy groups -OCH3 is 2. The van der Waals surface area contributed by atoms with Crippen molar-refractivity contribution in [2.45, 2.75) is 173 Å². The Kier molecular flexibility index (Phi) is 28.8. The summed E-state index contributed by atoms with van der Waals surface area (Å²) < 4.78 is 35.5. The van der Waals surface area contributed by atoms with Gasteiger partial charge in [-0.3, -0.25) is 19.3 Å². The summed E-state index contributed by atoms with van der Waals surface area (Å²) in [5, 5.41) is 14.9. The third-order valence-electron chi connectivity index (χ3n) is 15.5. The van der Waals surface area contributed by atoms with Crippen LogP contribution >= 0.6 is 0 Å². The molecule has 0 saturated carbocycles. The Labute approximate surface area is 517 Å². The predicted molar refractivity (Wildman–Crippen MR) is 343 cm³/mol. The number of aliphatic hydroxyl groups excluding tert-OH is 1. The summed E-state index contributed by atoms with van der Waals surface area (Å²) in [6, 6.07) is 21.1. The summed E-state index contributed by atoms with van der Waals surface area (Å²) in [6.45, 7) is 31.6. The largest absolute Gasteiger partial charge is 0.493 e. The van der Waals surface area contributed by atoms with Crippen molar-refractivity contribution < 1.29 is 62.3 Å². The lowest BCUT2D eigenvalue weighted by Gasteiger charge is -2.31. The number of fused-ring (bicyclic) bond motifs is 2. The maximum atomic E-state index is 14.0. The first kappa shape index (κ1) is 71.6. The molecule has 2 aliphatic heterocycles. The van der Waals surface area contributed by atoms with Crippen molar-refractivity contribution in [3.63, 3.8) is 0 Å². The number of carbonyl (C=O) groups excluding carboxylic acids is 6. The SMILES string of the molecule is C/C=C(/C)CC(C)CN(C(=O)OCc1ccc(C)cc1)c1cc(OCCCCCOc2cc3c(cc2OC)C(=O)N2C=C(C)C[C@@H]2[C@H](O)N3C(=O)OCc2ccc(CC)cc2)c(OC)cc1C(C)=O.C=C(NC(C)C(C)=O)[C@@H](C)C(C)C.CCC(C)=O. The molecule has 4 aromatic rings. The van der Waals surface area contributed by atoms with Crippen LogP contribution in [-0.2, 0) is 38.7 Å². The van der Waals surface area contributed by atoms with Crippen molar-refractivity contribution in [3.8, 4) is 23.0 Å². The van der Waals surface area contributed by atoms with Gasteiger partial charge in [0, 0.05) is 42.6 Å². The average Bonchev–Trinajstić information content (AvgIpc) is 1.73. The minimum Gasteiger partial charge on any atom is -0.493 e. The number of Topliss-reactive ketones (excluding diaryl/α,β-unsaturated/α-hetero) is 3. The van der Waals surface area contributed by atoms with Gasteiger partial charge in [0.1, 0.15) is 19.0 Å². The molecule has 0 bridgehead atoms. The number of aryl methyl sites for hydroxylation is 2. The molecule has 5 atom stereocenters. The maximum Gasteiger partial charge on any atom is 0.416 e. The van der Waals surface area contributed by atoms with Crippen molar-refractivity contribution in [2.24, 2.45) is 17.8 Å². The van der Waals surface area contributed by atoms with Gasteiger partial charge < -0.3 is 48.5 Å². The molecular formula is C70H96N4O13. The molecular weight excluding hydrogens is 1100 g/mol. The molecule has 6 rings (SSSR count). The molecule has 2 aliphatic rings. The van der Waals surface area contributed by atoms with Crippen LogP contribution < -0.4 is 34.1 Å². The van der Waals surface area contributed by atoms with Crippen molar-refractivity contribution in [1.29, 1.82) is 0 Å². The number of unbranched alkanes of at least 4 members (excludes halogenated alkanes) is 2. The molecule has 4 aromatic carbocycles. The van der Waals surface area contributed by atoms with E-state index < -0.39 is 24.5 Å².